The molecule has 0 aromatic heterocycles. The van der Waals surface area contributed by atoms with E-state index >= 15 is 0 Å². The summed E-state index contributed by atoms with van der Waals surface area (Å²) in [6, 6.07) is 0. The van der Waals surface area contributed by atoms with Gasteiger partial charge in [0.25, 0.3) is 0 Å². The van der Waals surface area contributed by atoms with Crippen molar-refractivity contribution >= 4 is 12.3 Å². The molecule has 1 N–H and O–H groups in total. The lowest BCUT2D eigenvalue weighted by molar-refractivity contribution is -0.137. The van der Waals surface area contributed by atoms with E-state index in [1.54, 1.807) is 0 Å². The molecule has 4 nitrogen and oxygen atoms in total. The second-order valence-electron chi connectivity index (χ2n) is 5.14. The average Bonchev–Trinajstić information content (AvgIpc) is 2.63. The molecule has 4 heteroatoms. The molecule has 2 rings (SSSR count). The minimum atomic E-state index is -0.831. The summed E-state index contributed by atoms with van der Waals surface area (Å²) in [5, 5.41) is 10.3. The van der Waals surface area contributed by atoms with Gasteiger partial charge >= 0.3 is 5.97 Å². The minimum absolute atomic E-state index is 0.229. The molecule has 1 heterocycles. The lowest BCUT2D eigenvalue weighted by atomic mass is 9.85. The Labute approximate surface area is 112 Å². The number of aldehydes is 1. The van der Waals surface area contributed by atoms with Gasteiger partial charge in [0.15, 0.2) is 0 Å². The molecular formula is C15H18O4. The fourth-order valence-electron chi connectivity index (χ4n) is 2.59. The van der Waals surface area contributed by atoms with Gasteiger partial charge in [0, 0.05) is 12.0 Å². The topological polar surface area (TPSA) is 63.6 Å². The van der Waals surface area contributed by atoms with Gasteiger partial charge in [-0.3, -0.25) is 4.79 Å². The maximum atomic E-state index is 11.6. The maximum Gasteiger partial charge on any atom is 0.334 e. The standard InChI is InChI=1S/C15H18O4/c1-9-4-3-5-11(8-16)7-12(17)14-10(2)15(18)19-13(14)6-9/h5-6,8,12-14,17H,2-4,7H2,1H3/b9-6+,11-5+/t12-,13-,14-/m1/s1. The van der Waals surface area contributed by atoms with Gasteiger partial charge in [0.1, 0.15) is 12.4 Å². The summed E-state index contributed by atoms with van der Waals surface area (Å²) in [5.41, 5.74) is 1.92. The number of carbonyl (C=O) groups excluding carboxylic acids is 2. The van der Waals surface area contributed by atoms with E-state index in [0.717, 1.165) is 24.7 Å². The van der Waals surface area contributed by atoms with Crippen LogP contribution in [0.2, 0.25) is 0 Å². The molecule has 1 saturated heterocycles. The van der Waals surface area contributed by atoms with Crippen molar-refractivity contribution in [3.63, 3.8) is 0 Å². The lowest BCUT2D eigenvalue weighted by Gasteiger charge is -2.22. The van der Waals surface area contributed by atoms with Gasteiger partial charge in [0.05, 0.1) is 12.0 Å². The molecule has 19 heavy (non-hydrogen) atoms. The minimum Gasteiger partial charge on any atom is -0.454 e. The summed E-state index contributed by atoms with van der Waals surface area (Å²) in [6.07, 6.45) is 4.96. The molecule has 1 fully saturated rings. The number of fused-ring (bicyclic) bond motifs is 1. The van der Waals surface area contributed by atoms with Crippen molar-refractivity contribution in [1.82, 2.24) is 0 Å². The van der Waals surface area contributed by atoms with Gasteiger partial charge in [0.2, 0.25) is 0 Å². The van der Waals surface area contributed by atoms with E-state index in [4.69, 9.17) is 4.74 Å². The molecule has 2 aliphatic rings. The molecule has 0 radical (unpaired) electrons. The first kappa shape index (κ1) is 13.7. The highest BCUT2D eigenvalue weighted by molar-refractivity contribution is 5.91. The number of rotatable bonds is 1. The first-order valence-corrected chi connectivity index (χ1v) is 6.42. The van der Waals surface area contributed by atoms with Crippen LogP contribution in [-0.2, 0) is 14.3 Å². The van der Waals surface area contributed by atoms with Crippen molar-refractivity contribution in [3.05, 3.63) is 35.5 Å². The number of esters is 1. The second kappa shape index (κ2) is 5.53. The number of aliphatic hydroxyl groups is 1. The van der Waals surface area contributed by atoms with Gasteiger partial charge in [-0.25, -0.2) is 4.79 Å². The molecule has 0 aromatic carbocycles. The first-order chi connectivity index (χ1) is 9.02. The van der Waals surface area contributed by atoms with Crippen molar-refractivity contribution in [1.29, 1.82) is 0 Å². The van der Waals surface area contributed by atoms with Crippen LogP contribution in [0.3, 0.4) is 0 Å². The van der Waals surface area contributed by atoms with Crippen molar-refractivity contribution in [2.75, 3.05) is 0 Å². The normalized spacial score (nSPS) is 37.5. The Morgan fingerprint density at radius 1 is 1.53 bits per heavy atom. The van der Waals surface area contributed by atoms with Crippen molar-refractivity contribution in [2.45, 2.75) is 38.4 Å². The number of hydrogen-bond donors (Lipinski definition) is 1. The fourth-order valence-corrected chi connectivity index (χ4v) is 2.59. The number of ether oxygens (including phenoxy) is 1. The van der Waals surface area contributed by atoms with E-state index in [9.17, 15) is 14.7 Å². The van der Waals surface area contributed by atoms with E-state index in [1.165, 1.54) is 0 Å². The van der Waals surface area contributed by atoms with E-state index in [0.29, 0.717) is 5.57 Å². The van der Waals surface area contributed by atoms with Crippen LogP contribution in [0, 0.1) is 5.92 Å². The summed E-state index contributed by atoms with van der Waals surface area (Å²) in [4.78, 5) is 22.6. The Bertz CT molecular complexity index is 473. The zero-order valence-electron chi connectivity index (χ0n) is 11.0. The van der Waals surface area contributed by atoms with Crippen molar-refractivity contribution in [3.8, 4) is 0 Å². The number of carbonyl (C=O) groups is 2. The molecule has 0 aromatic rings. The van der Waals surface area contributed by atoms with Gasteiger partial charge in [-0.1, -0.05) is 18.2 Å². The number of hydrogen-bond acceptors (Lipinski definition) is 4. The number of allylic oxidation sites excluding steroid dienone is 2. The second-order valence-corrected chi connectivity index (χ2v) is 5.14. The zero-order chi connectivity index (χ0) is 14.0. The van der Waals surface area contributed by atoms with Crippen LogP contribution in [0.1, 0.15) is 26.2 Å². The monoisotopic (exact) mass is 262 g/mol. The Hall–Kier alpha value is -1.68. The third-order valence-corrected chi connectivity index (χ3v) is 3.67. The van der Waals surface area contributed by atoms with Crippen LogP contribution in [0.4, 0.5) is 0 Å². The molecule has 0 spiro atoms. The first-order valence-electron chi connectivity index (χ1n) is 6.42. The van der Waals surface area contributed by atoms with Crippen molar-refractivity contribution < 1.29 is 19.4 Å². The highest BCUT2D eigenvalue weighted by atomic mass is 16.6. The SMILES string of the molecule is C=C1C(=O)O[C@@H]2/C=C(\C)CC/C=C(/C=O)C[C@@H](O)[C@@H]12. The molecule has 1 aliphatic carbocycles. The van der Waals surface area contributed by atoms with Gasteiger partial charge in [-0.15, -0.1) is 0 Å². The largest absolute Gasteiger partial charge is 0.454 e. The molecule has 0 saturated carbocycles. The molecule has 0 bridgehead atoms. The highest BCUT2D eigenvalue weighted by Gasteiger charge is 2.42. The predicted octanol–water partition coefficient (Wildman–Crippen LogP) is 1.70. The predicted molar refractivity (Wildman–Crippen MR) is 70.3 cm³/mol. The fraction of sp³-hybridized carbons (Fsp3) is 0.467. The van der Waals surface area contributed by atoms with E-state index in [2.05, 4.69) is 6.58 Å². The van der Waals surface area contributed by atoms with E-state index in [1.807, 2.05) is 19.1 Å². The van der Waals surface area contributed by atoms with Gasteiger partial charge in [-0.2, -0.15) is 0 Å². The molecule has 102 valence electrons. The van der Waals surface area contributed by atoms with Crippen LogP contribution in [0.15, 0.2) is 35.5 Å². The molecule has 0 amide bonds. The van der Waals surface area contributed by atoms with Crippen LogP contribution < -0.4 is 0 Å². The van der Waals surface area contributed by atoms with Crippen LogP contribution in [-0.4, -0.2) is 29.6 Å². The quantitative estimate of drug-likeness (QED) is 0.338. The molecule has 3 atom stereocenters. The maximum absolute atomic E-state index is 11.6. The van der Waals surface area contributed by atoms with Gasteiger partial charge < -0.3 is 9.84 Å². The third kappa shape index (κ3) is 2.84. The Balaban J connectivity index is 2.34. The van der Waals surface area contributed by atoms with E-state index < -0.39 is 24.1 Å². The van der Waals surface area contributed by atoms with Crippen LogP contribution in [0.25, 0.3) is 0 Å². The summed E-state index contributed by atoms with van der Waals surface area (Å²) >= 11 is 0. The summed E-state index contributed by atoms with van der Waals surface area (Å²) in [5.74, 6) is -0.933. The lowest BCUT2D eigenvalue weighted by Crippen LogP contribution is -2.29. The third-order valence-electron chi connectivity index (χ3n) is 3.67. The highest BCUT2D eigenvalue weighted by Crippen LogP contribution is 2.34. The summed E-state index contributed by atoms with van der Waals surface area (Å²) < 4.78 is 5.24. The Kier molecular flexibility index (Phi) is 4.00. The molecule has 0 unspecified atom stereocenters. The summed E-state index contributed by atoms with van der Waals surface area (Å²) in [7, 11) is 0. The van der Waals surface area contributed by atoms with E-state index in [-0.39, 0.29) is 12.0 Å². The average molecular weight is 262 g/mol. The van der Waals surface area contributed by atoms with Crippen LogP contribution >= 0.6 is 0 Å². The smallest absolute Gasteiger partial charge is 0.334 e. The molecular weight excluding hydrogens is 244 g/mol. The number of aliphatic hydroxyl groups excluding tert-OH is 1. The molecule has 1 aliphatic heterocycles. The summed E-state index contributed by atoms with van der Waals surface area (Å²) in [6.45, 7) is 5.65. The Morgan fingerprint density at radius 3 is 2.95 bits per heavy atom. The van der Waals surface area contributed by atoms with Crippen LogP contribution in [0.5, 0.6) is 0 Å². The Morgan fingerprint density at radius 2 is 2.26 bits per heavy atom. The zero-order valence-corrected chi connectivity index (χ0v) is 11.0. The van der Waals surface area contributed by atoms with Crippen molar-refractivity contribution in [2.24, 2.45) is 5.92 Å². The van der Waals surface area contributed by atoms with Gasteiger partial charge in [-0.05, 0) is 31.4 Å².